The lowest BCUT2D eigenvalue weighted by Gasteiger charge is -2.18. The summed E-state index contributed by atoms with van der Waals surface area (Å²) in [7, 11) is 0. The number of hydrogen-bond donors (Lipinski definition) is 3. The molecule has 1 heterocycles. The molecule has 1 unspecified atom stereocenters. The van der Waals surface area contributed by atoms with Crippen molar-refractivity contribution in [2.24, 2.45) is 0 Å². The number of carbonyl (C=O) groups excluding carboxylic acids is 1. The number of carbonyl (C=O) groups is 1. The summed E-state index contributed by atoms with van der Waals surface area (Å²) in [5, 5.41) is 16.7. The van der Waals surface area contributed by atoms with E-state index in [2.05, 4.69) is 20.6 Å². The molecule has 1 aromatic carbocycles. The van der Waals surface area contributed by atoms with Gasteiger partial charge < -0.3 is 10.4 Å². The van der Waals surface area contributed by atoms with Gasteiger partial charge in [0.25, 0.3) is 5.91 Å². The van der Waals surface area contributed by atoms with Crippen molar-refractivity contribution in [2.75, 3.05) is 6.54 Å². The fraction of sp³-hybridized carbons (Fsp3) is 0.438. The highest BCUT2D eigenvalue weighted by Crippen LogP contribution is 2.17. The van der Waals surface area contributed by atoms with Gasteiger partial charge in [-0.3, -0.25) is 10.1 Å². The molecule has 0 saturated heterocycles. The molecule has 6 nitrogen and oxygen atoms in total. The lowest BCUT2D eigenvalue weighted by atomic mass is 10.1. The number of nitrogens with one attached hydrogen (secondary N) is 2. The van der Waals surface area contributed by atoms with Crippen LogP contribution in [0.2, 0.25) is 0 Å². The molecule has 0 bridgehead atoms. The molecule has 1 aliphatic rings. The van der Waals surface area contributed by atoms with E-state index < -0.39 is 6.23 Å². The zero-order chi connectivity index (χ0) is 15.4. The van der Waals surface area contributed by atoms with Crippen molar-refractivity contribution >= 4 is 16.8 Å². The van der Waals surface area contributed by atoms with Crippen molar-refractivity contribution in [2.45, 2.75) is 38.0 Å². The van der Waals surface area contributed by atoms with Crippen LogP contribution in [-0.4, -0.2) is 39.8 Å². The molecule has 0 aliphatic heterocycles. The number of fused-ring (bicyclic) bond motifs is 1. The molecule has 1 aliphatic carbocycles. The van der Waals surface area contributed by atoms with E-state index >= 15 is 0 Å². The lowest BCUT2D eigenvalue weighted by molar-refractivity contribution is 0.0866. The molecule has 2 aromatic rings. The van der Waals surface area contributed by atoms with Crippen molar-refractivity contribution in [3.05, 3.63) is 36.3 Å². The molecule has 1 aromatic heterocycles. The highest BCUT2D eigenvalue weighted by molar-refractivity contribution is 5.97. The number of rotatable bonds is 5. The zero-order valence-electron chi connectivity index (χ0n) is 12.3. The number of aromatic nitrogens is 2. The minimum Gasteiger partial charge on any atom is -0.377 e. The van der Waals surface area contributed by atoms with Crippen LogP contribution < -0.4 is 10.6 Å². The van der Waals surface area contributed by atoms with Crippen molar-refractivity contribution in [1.82, 2.24) is 20.6 Å². The molecule has 0 radical (unpaired) electrons. The summed E-state index contributed by atoms with van der Waals surface area (Å²) >= 11 is 0. The van der Waals surface area contributed by atoms with E-state index in [-0.39, 0.29) is 12.5 Å². The quantitative estimate of drug-likeness (QED) is 0.723. The van der Waals surface area contributed by atoms with E-state index in [4.69, 9.17) is 0 Å². The molecule has 1 saturated carbocycles. The first-order valence-electron chi connectivity index (χ1n) is 7.64. The Morgan fingerprint density at radius 1 is 1.36 bits per heavy atom. The Labute approximate surface area is 129 Å². The van der Waals surface area contributed by atoms with E-state index in [9.17, 15) is 9.90 Å². The Balaban J connectivity index is 1.56. The van der Waals surface area contributed by atoms with Gasteiger partial charge in [-0.05, 0) is 25.0 Å². The van der Waals surface area contributed by atoms with Gasteiger partial charge in [0.1, 0.15) is 12.6 Å². The van der Waals surface area contributed by atoms with Crippen LogP contribution in [0.1, 0.15) is 36.0 Å². The second kappa shape index (κ2) is 6.81. The monoisotopic (exact) mass is 300 g/mol. The van der Waals surface area contributed by atoms with Gasteiger partial charge in [0.2, 0.25) is 0 Å². The third kappa shape index (κ3) is 3.58. The van der Waals surface area contributed by atoms with Crippen molar-refractivity contribution < 1.29 is 9.90 Å². The molecule has 0 spiro atoms. The van der Waals surface area contributed by atoms with E-state index in [0.29, 0.717) is 11.6 Å². The first-order chi connectivity index (χ1) is 10.7. The molecule has 116 valence electrons. The minimum atomic E-state index is -0.713. The molecule has 1 atom stereocenters. The van der Waals surface area contributed by atoms with E-state index in [1.165, 1.54) is 19.2 Å². The number of amides is 1. The van der Waals surface area contributed by atoms with Crippen LogP contribution >= 0.6 is 0 Å². The van der Waals surface area contributed by atoms with E-state index in [1.54, 1.807) is 18.3 Å². The largest absolute Gasteiger partial charge is 0.377 e. The third-order valence-electron chi connectivity index (χ3n) is 4.01. The van der Waals surface area contributed by atoms with Crippen LogP contribution in [0.4, 0.5) is 0 Å². The summed E-state index contributed by atoms with van der Waals surface area (Å²) < 4.78 is 0. The Hall–Kier alpha value is -2.05. The van der Waals surface area contributed by atoms with Crippen LogP contribution in [0.5, 0.6) is 0 Å². The van der Waals surface area contributed by atoms with E-state index in [0.717, 1.165) is 23.7 Å². The molecule has 1 fully saturated rings. The first kappa shape index (κ1) is 14.9. The van der Waals surface area contributed by atoms with Gasteiger partial charge in [0, 0.05) is 23.2 Å². The molecular weight excluding hydrogens is 280 g/mol. The predicted molar refractivity (Wildman–Crippen MR) is 83.3 cm³/mol. The Morgan fingerprint density at radius 3 is 3.00 bits per heavy atom. The maximum atomic E-state index is 12.1. The minimum absolute atomic E-state index is 0.192. The zero-order valence-corrected chi connectivity index (χ0v) is 12.3. The van der Waals surface area contributed by atoms with Gasteiger partial charge in [-0.25, -0.2) is 9.97 Å². The molecule has 6 heteroatoms. The summed E-state index contributed by atoms with van der Waals surface area (Å²) in [5.74, 6) is -0.215. The van der Waals surface area contributed by atoms with Gasteiger partial charge >= 0.3 is 0 Å². The summed E-state index contributed by atoms with van der Waals surface area (Å²) in [4.78, 5) is 20.2. The van der Waals surface area contributed by atoms with Gasteiger partial charge in [-0.15, -0.1) is 0 Å². The lowest BCUT2D eigenvalue weighted by Crippen LogP contribution is -2.44. The Bertz CT molecular complexity index is 655. The maximum absolute atomic E-state index is 12.1. The summed E-state index contributed by atoms with van der Waals surface area (Å²) in [5.41, 5.74) is 1.26. The van der Waals surface area contributed by atoms with Crippen LogP contribution in [0, 0.1) is 0 Å². The second-order valence-electron chi connectivity index (χ2n) is 5.67. The van der Waals surface area contributed by atoms with Crippen molar-refractivity contribution in [1.29, 1.82) is 0 Å². The summed E-state index contributed by atoms with van der Waals surface area (Å²) in [6, 6.07) is 5.64. The number of aliphatic hydroxyl groups excluding tert-OH is 1. The average Bonchev–Trinajstić information content (AvgIpc) is 3.05. The highest BCUT2D eigenvalue weighted by Gasteiger charge is 2.18. The maximum Gasteiger partial charge on any atom is 0.251 e. The Morgan fingerprint density at radius 2 is 2.18 bits per heavy atom. The SMILES string of the molecule is O=C(NCC(O)NC1CCCC1)c1ccc2cncnc2c1. The highest BCUT2D eigenvalue weighted by atomic mass is 16.3. The summed E-state index contributed by atoms with van der Waals surface area (Å²) in [6.45, 7) is 0.192. The first-order valence-corrected chi connectivity index (χ1v) is 7.64. The van der Waals surface area contributed by atoms with E-state index in [1.807, 2.05) is 6.07 Å². The fourth-order valence-corrected chi connectivity index (χ4v) is 2.83. The second-order valence-corrected chi connectivity index (χ2v) is 5.67. The number of benzene rings is 1. The van der Waals surface area contributed by atoms with Gasteiger partial charge in [0.05, 0.1) is 12.1 Å². The fourth-order valence-electron chi connectivity index (χ4n) is 2.83. The number of aliphatic hydroxyl groups is 1. The van der Waals surface area contributed by atoms with Crippen LogP contribution in [0.15, 0.2) is 30.7 Å². The summed E-state index contributed by atoms with van der Waals surface area (Å²) in [6.07, 6.45) is 7.05. The number of nitrogens with zero attached hydrogens (tertiary/aromatic N) is 2. The molecule has 1 amide bonds. The average molecular weight is 300 g/mol. The molecule has 3 N–H and O–H groups in total. The standard InChI is InChI=1S/C16H20N4O2/c21-15(20-13-3-1-2-4-13)9-18-16(22)11-5-6-12-8-17-10-19-14(12)7-11/h5-8,10,13,15,20-21H,1-4,9H2,(H,18,22). The molecular formula is C16H20N4O2. The van der Waals surface area contributed by atoms with Crippen molar-refractivity contribution in [3.63, 3.8) is 0 Å². The third-order valence-corrected chi connectivity index (χ3v) is 4.01. The van der Waals surface area contributed by atoms with Gasteiger partial charge in [-0.1, -0.05) is 18.9 Å². The molecule has 22 heavy (non-hydrogen) atoms. The normalized spacial score (nSPS) is 16.8. The predicted octanol–water partition coefficient (Wildman–Crippen LogP) is 1.21. The number of hydrogen-bond acceptors (Lipinski definition) is 5. The smallest absolute Gasteiger partial charge is 0.251 e. The van der Waals surface area contributed by atoms with Gasteiger partial charge in [-0.2, -0.15) is 0 Å². The van der Waals surface area contributed by atoms with Gasteiger partial charge in [0.15, 0.2) is 0 Å². The van der Waals surface area contributed by atoms with Crippen LogP contribution in [0.3, 0.4) is 0 Å². The van der Waals surface area contributed by atoms with Crippen LogP contribution in [-0.2, 0) is 0 Å². The topological polar surface area (TPSA) is 87.1 Å². The molecule has 3 rings (SSSR count). The Kier molecular flexibility index (Phi) is 4.60. The van der Waals surface area contributed by atoms with Crippen molar-refractivity contribution in [3.8, 4) is 0 Å². The van der Waals surface area contributed by atoms with Crippen LogP contribution in [0.25, 0.3) is 10.9 Å².